The van der Waals surface area contributed by atoms with E-state index in [9.17, 15) is 4.79 Å². The molecule has 0 bridgehead atoms. The number of carbonyl (C=O) groups excluding carboxylic acids is 1. The van der Waals surface area contributed by atoms with Crippen molar-refractivity contribution in [3.63, 3.8) is 0 Å². The van der Waals surface area contributed by atoms with Crippen LogP contribution in [-0.2, 0) is 4.84 Å². The van der Waals surface area contributed by atoms with Crippen LogP contribution in [0.4, 0.5) is 4.79 Å². The topological polar surface area (TPSA) is 93.4 Å². The highest BCUT2D eigenvalue weighted by Crippen LogP contribution is 2.31. The predicted octanol–water partition coefficient (Wildman–Crippen LogP) is 2.36. The molecule has 8 heteroatoms. The van der Waals surface area contributed by atoms with Crippen molar-refractivity contribution in [3.8, 4) is 23.3 Å². The molecule has 0 N–H and O–H groups in total. The summed E-state index contributed by atoms with van der Waals surface area (Å²) in [5.41, 5.74) is 0.769. The van der Waals surface area contributed by atoms with Gasteiger partial charge in [0.15, 0.2) is 17.2 Å². The van der Waals surface area contributed by atoms with Gasteiger partial charge in [-0.05, 0) is 18.6 Å². The number of carbonyl (C=O) groups is 1. The summed E-state index contributed by atoms with van der Waals surface area (Å²) in [6.07, 6.45) is 1.94. The van der Waals surface area contributed by atoms with Gasteiger partial charge in [-0.1, -0.05) is 11.2 Å². The van der Waals surface area contributed by atoms with Crippen molar-refractivity contribution in [2.75, 3.05) is 34.4 Å². The predicted molar refractivity (Wildman–Crippen MR) is 89.9 cm³/mol. The molecular formula is C17H19N3O5. The first-order chi connectivity index (χ1) is 12.1. The van der Waals surface area contributed by atoms with Crippen molar-refractivity contribution in [1.29, 1.82) is 5.26 Å². The summed E-state index contributed by atoms with van der Waals surface area (Å²) in [7, 11) is 4.40. The van der Waals surface area contributed by atoms with E-state index in [0.717, 1.165) is 0 Å². The second-order valence-electron chi connectivity index (χ2n) is 5.06. The summed E-state index contributed by atoms with van der Waals surface area (Å²) < 4.78 is 15.7. The van der Waals surface area contributed by atoms with Gasteiger partial charge >= 0.3 is 6.09 Å². The van der Waals surface area contributed by atoms with E-state index in [1.165, 1.54) is 26.2 Å². The van der Waals surface area contributed by atoms with Gasteiger partial charge in [0, 0.05) is 18.2 Å². The lowest BCUT2D eigenvalue weighted by Crippen LogP contribution is -2.39. The molecular weight excluding hydrogens is 326 g/mol. The molecule has 8 nitrogen and oxygen atoms in total. The van der Waals surface area contributed by atoms with Crippen LogP contribution in [0.15, 0.2) is 35.0 Å². The van der Waals surface area contributed by atoms with Crippen molar-refractivity contribution in [2.45, 2.75) is 6.42 Å². The summed E-state index contributed by atoms with van der Waals surface area (Å²) in [4.78, 5) is 18.5. The maximum absolute atomic E-state index is 12.4. The highest BCUT2D eigenvalue weighted by molar-refractivity contribution is 6.11. The first-order valence-electron chi connectivity index (χ1n) is 7.52. The maximum atomic E-state index is 12.4. The lowest BCUT2D eigenvalue weighted by atomic mass is 10.1. The molecule has 0 spiro atoms. The number of hydrogen-bond donors (Lipinski definition) is 0. The van der Waals surface area contributed by atoms with Crippen molar-refractivity contribution in [1.82, 2.24) is 4.90 Å². The zero-order valence-electron chi connectivity index (χ0n) is 14.3. The number of benzene rings is 1. The van der Waals surface area contributed by atoms with E-state index < -0.39 is 6.09 Å². The Morgan fingerprint density at radius 3 is 2.64 bits per heavy atom. The summed E-state index contributed by atoms with van der Waals surface area (Å²) in [6.45, 7) is 0.711. The lowest BCUT2D eigenvalue weighted by molar-refractivity contribution is 0.155. The minimum atomic E-state index is -0.521. The van der Waals surface area contributed by atoms with Crippen LogP contribution in [0.3, 0.4) is 0 Å². The third-order valence-electron chi connectivity index (χ3n) is 3.56. The Bertz CT molecular complexity index is 736. The third kappa shape index (κ3) is 4.41. The molecule has 0 aliphatic carbocycles. The monoisotopic (exact) mass is 345 g/mol. The minimum Gasteiger partial charge on any atom is -0.493 e. The van der Waals surface area contributed by atoms with Crippen molar-refractivity contribution in [3.05, 3.63) is 29.8 Å². The van der Waals surface area contributed by atoms with Gasteiger partial charge in [-0.15, -0.1) is 0 Å². The molecule has 0 fully saturated rings. The first-order valence-corrected chi connectivity index (χ1v) is 7.52. The molecule has 0 unspecified atom stereocenters. The van der Waals surface area contributed by atoms with Gasteiger partial charge in [0.25, 0.3) is 0 Å². The molecule has 1 aliphatic heterocycles. The van der Waals surface area contributed by atoms with Gasteiger partial charge < -0.3 is 23.9 Å². The number of oxime groups is 1. The average molecular weight is 345 g/mol. The van der Waals surface area contributed by atoms with Gasteiger partial charge in [0.1, 0.15) is 18.9 Å². The van der Waals surface area contributed by atoms with Gasteiger partial charge in [0.05, 0.1) is 20.8 Å². The lowest BCUT2D eigenvalue weighted by Gasteiger charge is -2.26. The van der Waals surface area contributed by atoms with E-state index >= 15 is 0 Å². The second kappa shape index (κ2) is 8.59. The van der Waals surface area contributed by atoms with Gasteiger partial charge in [-0.3, -0.25) is 0 Å². The summed E-state index contributed by atoms with van der Waals surface area (Å²) in [6, 6.07) is 6.80. The van der Waals surface area contributed by atoms with Gasteiger partial charge in [0.2, 0.25) is 0 Å². The van der Waals surface area contributed by atoms with E-state index in [0.29, 0.717) is 35.8 Å². The number of methoxy groups -OCH3 is 2. The highest BCUT2D eigenvalue weighted by Gasteiger charge is 2.23. The number of hydrogen-bond acceptors (Lipinski definition) is 7. The molecule has 1 aromatic rings. The molecule has 25 heavy (non-hydrogen) atoms. The van der Waals surface area contributed by atoms with E-state index in [1.807, 2.05) is 12.1 Å². The molecule has 1 amide bonds. The molecule has 0 atom stereocenters. The molecule has 0 saturated heterocycles. The van der Waals surface area contributed by atoms with Crippen LogP contribution in [0, 0.1) is 11.3 Å². The Morgan fingerprint density at radius 2 is 2.00 bits per heavy atom. The molecule has 1 aromatic carbocycles. The van der Waals surface area contributed by atoms with E-state index in [-0.39, 0.29) is 12.3 Å². The quantitative estimate of drug-likeness (QED) is 0.601. The molecule has 0 saturated carbocycles. The van der Waals surface area contributed by atoms with Crippen LogP contribution >= 0.6 is 0 Å². The van der Waals surface area contributed by atoms with Crippen LogP contribution in [-0.4, -0.2) is 51.1 Å². The van der Waals surface area contributed by atoms with Crippen LogP contribution in [0.5, 0.6) is 17.2 Å². The molecule has 132 valence electrons. The number of nitriles is 1. The number of rotatable bonds is 5. The van der Waals surface area contributed by atoms with Gasteiger partial charge in [-0.25, -0.2) is 4.79 Å². The van der Waals surface area contributed by atoms with E-state index in [2.05, 4.69) is 9.99 Å². The molecule has 1 heterocycles. The van der Waals surface area contributed by atoms with Crippen molar-refractivity contribution < 1.29 is 23.8 Å². The van der Waals surface area contributed by atoms with Crippen molar-refractivity contribution in [2.24, 2.45) is 5.16 Å². The zero-order chi connectivity index (χ0) is 18.2. The fraction of sp³-hybridized carbons (Fsp3) is 0.353. The number of ether oxygens (including phenoxy) is 3. The van der Waals surface area contributed by atoms with Crippen LogP contribution < -0.4 is 14.2 Å². The Labute approximate surface area is 145 Å². The third-order valence-corrected chi connectivity index (χ3v) is 3.56. The molecule has 1 aliphatic rings. The Hall–Kier alpha value is -3.21. The Balaban J connectivity index is 2.08. The normalized spacial score (nSPS) is 14.2. The highest BCUT2D eigenvalue weighted by atomic mass is 16.6. The fourth-order valence-electron chi connectivity index (χ4n) is 2.36. The largest absolute Gasteiger partial charge is 0.493 e. The molecule has 2 rings (SSSR count). The first kappa shape index (κ1) is 18.1. The van der Waals surface area contributed by atoms with Gasteiger partial charge in [-0.2, -0.15) is 5.26 Å². The summed E-state index contributed by atoms with van der Waals surface area (Å²) >= 11 is 0. The van der Waals surface area contributed by atoms with Crippen LogP contribution in [0.1, 0.15) is 6.42 Å². The zero-order valence-corrected chi connectivity index (χ0v) is 14.3. The van der Waals surface area contributed by atoms with Crippen LogP contribution in [0.25, 0.3) is 0 Å². The maximum Gasteiger partial charge on any atom is 0.415 e. The molecule has 0 aromatic heterocycles. The molecule has 0 radical (unpaired) electrons. The smallest absolute Gasteiger partial charge is 0.415 e. The fourth-order valence-corrected chi connectivity index (χ4v) is 2.36. The number of nitrogens with zero attached hydrogens (tertiary/aromatic N) is 3. The van der Waals surface area contributed by atoms with E-state index in [4.69, 9.17) is 19.5 Å². The second-order valence-corrected chi connectivity index (χ2v) is 5.06. The number of amides is 1. The van der Waals surface area contributed by atoms with Crippen LogP contribution in [0.2, 0.25) is 0 Å². The Kier molecular flexibility index (Phi) is 6.23. The standard InChI is InChI=1S/C17H19N3O5/c1-22-15-7-6-13(9-16(15)23-2)25-17(21)20-8-4-5-12(11-20)14(10-18)19-24-3/h5-7,9H,4,8,11H2,1-3H3/b19-14-. The SMILES string of the molecule is CO/N=C(/C#N)C1=CCCN(C(=O)Oc2ccc(OC)c(OC)c2)C1. The van der Waals surface area contributed by atoms with Crippen molar-refractivity contribution >= 4 is 11.8 Å². The minimum absolute atomic E-state index is 0.145. The summed E-state index contributed by atoms with van der Waals surface area (Å²) in [5, 5.41) is 12.8. The average Bonchev–Trinajstić information content (AvgIpc) is 2.66. The summed E-state index contributed by atoms with van der Waals surface area (Å²) in [5.74, 6) is 1.34. The van der Waals surface area contributed by atoms with E-state index in [1.54, 1.807) is 18.2 Å². The Morgan fingerprint density at radius 1 is 1.24 bits per heavy atom.